The van der Waals surface area contributed by atoms with Crippen LogP contribution in [-0.2, 0) is 6.54 Å². The van der Waals surface area contributed by atoms with E-state index in [0.717, 1.165) is 17.6 Å². The Kier molecular flexibility index (Phi) is 4.06. The first-order valence-electron chi connectivity index (χ1n) is 6.42. The molecule has 3 rings (SSSR count). The Morgan fingerprint density at radius 1 is 1.21 bits per heavy atom. The van der Waals surface area contributed by atoms with Crippen molar-refractivity contribution in [1.29, 1.82) is 0 Å². The van der Waals surface area contributed by atoms with Crippen LogP contribution in [0.3, 0.4) is 0 Å². The van der Waals surface area contributed by atoms with E-state index in [2.05, 4.69) is 34.6 Å². The lowest BCUT2D eigenvalue weighted by Gasteiger charge is -2.10. The molecular formula is C15H15ClN2S. The summed E-state index contributed by atoms with van der Waals surface area (Å²) >= 11 is 7.79. The molecule has 0 bridgehead atoms. The predicted octanol–water partition coefficient (Wildman–Crippen LogP) is 4.14. The predicted molar refractivity (Wildman–Crippen MR) is 79.7 cm³/mol. The first-order valence-corrected chi connectivity index (χ1v) is 7.62. The maximum atomic E-state index is 6.17. The van der Waals surface area contributed by atoms with Crippen LogP contribution in [0.4, 0.5) is 0 Å². The van der Waals surface area contributed by atoms with Crippen LogP contribution in [0.2, 0.25) is 5.02 Å². The highest BCUT2D eigenvalue weighted by atomic mass is 35.5. The molecule has 1 aliphatic rings. The van der Waals surface area contributed by atoms with Gasteiger partial charge in [0.2, 0.25) is 0 Å². The second kappa shape index (κ2) is 5.95. The molecule has 1 saturated carbocycles. The van der Waals surface area contributed by atoms with Crippen molar-refractivity contribution in [2.75, 3.05) is 0 Å². The summed E-state index contributed by atoms with van der Waals surface area (Å²) in [7, 11) is 0. The van der Waals surface area contributed by atoms with Crippen LogP contribution in [0.1, 0.15) is 18.4 Å². The van der Waals surface area contributed by atoms with Crippen LogP contribution in [0.25, 0.3) is 0 Å². The van der Waals surface area contributed by atoms with Crippen LogP contribution in [0.5, 0.6) is 0 Å². The van der Waals surface area contributed by atoms with Crippen molar-refractivity contribution in [1.82, 2.24) is 10.3 Å². The molecule has 98 valence electrons. The minimum atomic E-state index is 0.706. The van der Waals surface area contributed by atoms with Gasteiger partial charge in [-0.2, -0.15) is 0 Å². The quantitative estimate of drug-likeness (QED) is 0.896. The van der Waals surface area contributed by atoms with Gasteiger partial charge < -0.3 is 5.32 Å². The number of hydrogen-bond acceptors (Lipinski definition) is 3. The normalized spacial score (nSPS) is 14.6. The lowest BCUT2D eigenvalue weighted by Crippen LogP contribution is -2.15. The zero-order chi connectivity index (χ0) is 13.1. The molecule has 1 aromatic carbocycles. The number of pyridine rings is 1. The molecule has 19 heavy (non-hydrogen) atoms. The highest BCUT2D eigenvalue weighted by Crippen LogP contribution is 2.33. The summed E-state index contributed by atoms with van der Waals surface area (Å²) in [6.07, 6.45) is 4.39. The molecule has 2 aromatic rings. The number of nitrogens with zero attached hydrogens (tertiary/aromatic N) is 1. The first-order chi connectivity index (χ1) is 9.33. The Hall–Kier alpha value is -1.03. The van der Waals surface area contributed by atoms with E-state index in [1.807, 2.05) is 12.1 Å². The second-order valence-electron chi connectivity index (χ2n) is 4.66. The lowest BCUT2D eigenvalue weighted by atomic mass is 10.2. The molecule has 1 N–H and O–H groups in total. The summed E-state index contributed by atoms with van der Waals surface area (Å²) < 4.78 is 0. The van der Waals surface area contributed by atoms with E-state index in [-0.39, 0.29) is 0 Å². The molecule has 4 heteroatoms. The van der Waals surface area contributed by atoms with Gasteiger partial charge in [-0.05, 0) is 36.6 Å². The molecule has 0 saturated heterocycles. The largest absolute Gasteiger partial charge is 0.310 e. The minimum Gasteiger partial charge on any atom is -0.310 e. The van der Waals surface area contributed by atoms with Crippen LogP contribution < -0.4 is 5.32 Å². The van der Waals surface area contributed by atoms with Gasteiger partial charge in [-0.15, -0.1) is 0 Å². The maximum Gasteiger partial charge on any atom is 0.119 e. The fourth-order valence-corrected chi connectivity index (χ4v) is 2.98. The average molecular weight is 291 g/mol. The zero-order valence-corrected chi connectivity index (χ0v) is 12.0. The summed E-state index contributed by atoms with van der Waals surface area (Å²) in [5.74, 6) is 0. The van der Waals surface area contributed by atoms with E-state index in [9.17, 15) is 0 Å². The fourth-order valence-electron chi connectivity index (χ4n) is 1.84. The Labute approximate surface area is 122 Å². The number of hydrogen-bond donors (Lipinski definition) is 1. The zero-order valence-electron chi connectivity index (χ0n) is 10.5. The molecule has 0 aliphatic heterocycles. The summed E-state index contributed by atoms with van der Waals surface area (Å²) in [5, 5.41) is 5.12. The highest BCUT2D eigenvalue weighted by molar-refractivity contribution is 7.99. The van der Waals surface area contributed by atoms with Gasteiger partial charge in [-0.1, -0.05) is 41.6 Å². The number of aromatic nitrogens is 1. The standard InChI is InChI=1S/C15H15ClN2S/c16-13-5-3-9-17-15(13)19-14-6-2-1-4-11(14)10-18-12-7-8-12/h1-6,9,12,18H,7-8,10H2. The molecule has 1 heterocycles. The molecule has 1 aliphatic carbocycles. The molecular weight excluding hydrogens is 276 g/mol. The van der Waals surface area contributed by atoms with Crippen LogP contribution >= 0.6 is 23.4 Å². The van der Waals surface area contributed by atoms with E-state index in [1.54, 1.807) is 18.0 Å². The molecule has 0 spiro atoms. The summed E-state index contributed by atoms with van der Waals surface area (Å²) in [5.41, 5.74) is 1.31. The molecule has 1 fully saturated rings. The third-order valence-electron chi connectivity index (χ3n) is 3.06. The van der Waals surface area contributed by atoms with E-state index < -0.39 is 0 Å². The van der Waals surface area contributed by atoms with Gasteiger partial charge in [0.05, 0.1) is 5.02 Å². The van der Waals surface area contributed by atoms with Gasteiger partial charge in [0.15, 0.2) is 0 Å². The van der Waals surface area contributed by atoms with Gasteiger partial charge in [0, 0.05) is 23.7 Å². The van der Waals surface area contributed by atoms with Crippen LogP contribution in [-0.4, -0.2) is 11.0 Å². The highest BCUT2D eigenvalue weighted by Gasteiger charge is 2.20. The van der Waals surface area contributed by atoms with Crippen molar-refractivity contribution in [3.63, 3.8) is 0 Å². The average Bonchev–Trinajstić information content (AvgIpc) is 3.24. The monoisotopic (exact) mass is 290 g/mol. The van der Waals surface area contributed by atoms with Gasteiger partial charge in [0.25, 0.3) is 0 Å². The first kappa shape index (κ1) is 13.0. The molecule has 0 radical (unpaired) electrons. The lowest BCUT2D eigenvalue weighted by molar-refractivity contribution is 0.680. The smallest absolute Gasteiger partial charge is 0.119 e. The third-order valence-corrected chi connectivity index (χ3v) is 4.62. The number of halogens is 1. The summed E-state index contributed by atoms with van der Waals surface area (Å²) in [6.45, 7) is 0.915. The van der Waals surface area contributed by atoms with Crippen molar-refractivity contribution in [2.24, 2.45) is 0 Å². The van der Waals surface area contributed by atoms with Crippen molar-refractivity contribution < 1.29 is 0 Å². The molecule has 2 nitrogen and oxygen atoms in total. The molecule has 0 unspecified atom stereocenters. The number of benzene rings is 1. The summed E-state index contributed by atoms with van der Waals surface area (Å²) in [6, 6.07) is 12.9. The van der Waals surface area contributed by atoms with E-state index in [1.165, 1.54) is 23.3 Å². The minimum absolute atomic E-state index is 0.706. The third kappa shape index (κ3) is 3.50. The van der Waals surface area contributed by atoms with Crippen molar-refractivity contribution in [2.45, 2.75) is 35.3 Å². The second-order valence-corrected chi connectivity index (χ2v) is 6.09. The van der Waals surface area contributed by atoms with Crippen LogP contribution in [0.15, 0.2) is 52.5 Å². The number of nitrogens with one attached hydrogen (secondary N) is 1. The Morgan fingerprint density at radius 2 is 2.05 bits per heavy atom. The summed E-state index contributed by atoms with van der Waals surface area (Å²) in [4.78, 5) is 5.55. The topological polar surface area (TPSA) is 24.9 Å². The fraction of sp³-hybridized carbons (Fsp3) is 0.267. The van der Waals surface area contributed by atoms with E-state index >= 15 is 0 Å². The van der Waals surface area contributed by atoms with Crippen molar-refractivity contribution >= 4 is 23.4 Å². The van der Waals surface area contributed by atoms with Gasteiger partial charge in [0.1, 0.15) is 5.03 Å². The van der Waals surface area contributed by atoms with Crippen LogP contribution in [0, 0.1) is 0 Å². The SMILES string of the molecule is Clc1cccnc1Sc1ccccc1CNC1CC1. The van der Waals surface area contributed by atoms with E-state index in [4.69, 9.17) is 11.6 Å². The Bertz CT molecular complexity index is 570. The maximum absolute atomic E-state index is 6.17. The number of rotatable bonds is 5. The Balaban J connectivity index is 1.77. The van der Waals surface area contributed by atoms with Gasteiger partial charge >= 0.3 is 0 Å². The van der Waals surface area contributed by atoms with E-state index in [0.29, 0.717) is 5.02 Å². The Morgan fingerprint density at radius 3 is 2.84 bits per heavy atom. The molecule has 0 amide bonds. The van der Waals surface area contributed by atoms with Gasteiger partial charge in [-0.3, -0.25) is 0 Å². The molecule has 1 aromatic heterocycles. The molecule has 0 atom stereocenters. The van der Waals surface area contributed by atoms with Gasteiger partial charge in [-0.25, -0.2) is 4.98 Å². The van der Waals surface area contributed by atoms with Crippen molar-refractivity contribution in [3.05, 3.63) is 53.2 Å². The van der Waals surface area contributed by atoms with Crippen molar-refractivity contribution in [3.8, 4) is 0 Å².